The first-order chi connectivity index (χ1) is 15.8. The van der Waals surface area contributed by atoms with E-state index in [0.717, 1.165) is 54.6 Å². The zero-order valence-corrected chi connectivity index (χ0v) is 18.0. The Hall–Kier alpha value is -3.85. The number of fused-ring (bicyclic) bond motifs is 1. The third kappa shape index (κ3) is 3.78. The van der Waals surface area contributed by atoms with Crippen LogP contribution in [0, 0.1) is 0 Å². The van der Waals surface area contributed by atoms with Crippen molar-refractivity contribution in [3.63, 3.8) is 0 Å². The summed E-state index contributed by atoms with van der Waals surface area (Å²) in [6.45, 7) is 3.38. The molecule has 9 heteroatoms. The first kappa shape index (κ1) is 20.1. The van der Waals surface area contributed by atoms with Gasteiger partial charge in [-0.05, 0) is 36.4 Å². The average Bonchev–Trinajstić information content (AvgIpc) is 3.35. The number of morpholine rings is 1. The number of rotatable bonds is 6. The minimum Gasteiger partial charge on any atom is -0.480 e. The van der Waals surface area contributed by atoms with Gasteiger partial charge in [0.25, 0.3) is 0 Å². The van der Waals surface area contributed by atoms with E-state index in [-0.39, 0.29) is 6.01 Å². The Bertz CT molecular complexity index is 1220. The maximum Gasteiger partial charge on any atom is 0.319 e. The number of hydrogen-bond donors (Lipinski definition) is 1. The van der Waals surface area contributed by atoms with Crippen molar-refractivity contribution >= 4 is 22.7 Å². The van der Waals surface area contributed by atoms with E-state index in [9.17, 15) is 0 Å². The predicted molar refractivity (Wildman–Crippen MR) is 122 cm³/mol. The molecule has 1 aromatic carbocycles. The summed E-state index contributed by atoms with van der Waals surface area (Å²) >= 11 is 0. The van der Waals surface area contributed by atoms with Gasteiger partial charge in [0.2, 0.25) is 5.88 Å². The second-order valence-electron chi connectivity index (χ2n) is 7.30. The van der Waals surface area contributed by atoms with Crippen LogP contribution in [-0.2, 0) is 4.74 Å². The number of aromatic nitrogens is 4. The third-order valence-electron chi connectivity index (χ3n) is 5.46. The highest BCUT2D eigenvalue weighted by Gasteiger charge is 2.16. The number of ether oxygens (including phenoxy) is 3. The van der Waals surface area contributed by atoms with Crippen LogP contribution < -0.4 is 19.7 Å². The Labute approximate surface area is 185 Å². The highest BCUT2D eigenvalue weighted by Crippen LogP contribution is 2.32. The smallest absolute Gasteiger partial charge is 0.319 e. The van der Waals surface area contributed by atoms with Gasteiger partial charge in [0.05, 0.1) is 44.4 Å². The number of nitrogens with one attached hydrogen (secondary N) is 1. The normalized spacial score (nSPS) is 13.9. The molecule has 3 aromatic heterocycles. The lowest BCUT2D eigenvalue weighted by molar-refractivity contribution is 0.122. The largest absolute Gasteiger partial charge is 0.480 e. The summed E-state index contributed by atoms with van der Waals surface area (Å²) in [4.78, 5) is 15.4. The molecule has 1 N–H and O–H groups in total. The maximum atomic E-state index is 5.46. The molecular formula is C23H24N6O3. The number of methoxy groups -OCH3 is 2. The van der Waals surface area contributed by atoms with Crippen LogP contribution in [0.1, 0.15) is 0 Å². The van der Waals surface area contributed by atoms with Crippen molar-refractivity contribution in [3.8, 4) is 23.1 Å². The first-order valence-corrected chi connectivity index (χ1v) is 10.4. The number of hydrogen-bond acceptors (Lipinski definition) is 8. The van der Waals surface area contributed by atoms with E-state index in [2.05, 4.69) is 49.4 Å². The van der Waals surface area contributed by atoms with E-state index in [0.29, 0.717) is 5.88 Å². The molecule has 5 rings (SSSR count). The summed E-state index contributed by atoms with van der Waals surface area (Å²) in [6, 6.07) is 12.7. The standard InChI is InChI=1S/C23H24N6O3/c1-30-22-18(15-25-23(27-22)31-2)20-8-7-19(21-24-9-10-29(20)21)26-16-3-5-17(6-4-16)28-11-13-32-14-12-28/h3-10,15,26H,11-14H2,1-2H3. The van der Waals surface area contributed by atoms with Gasteiger partial charge in [-0.15, -0.1) is 0 Å². The number of pyridine rings is 1. The second-order valence-corrected chi connectivity index (χ2v) is 7.30. The number of benzene rings is 1. The summed E-state index contributed by atoms with van der Waals surface area (Å²) in [5.74, 6) is 0.436. The van der Waals surface area contributed by atoms with Crippen molar-refractivity contribution in [2.75, 3.05) is 50.7 Å². The molecule has 0 saturated carbocycles. The Kier molecular flexibility index (Phi) is 5.47. The summed E-state index contributed by atoms with van der Waals surface area (Å²) in [6.07, 6.45) is 5.36. The predicted octanol–water partition coefficient (Wildman–Crippen LogP) is 3.39. The Morgan fingerprint density at radius 3 is 2.53 bits per heavy atom. The van der Waals surface area contributed by atoms with E-state index in [1.807, 2.05) is 22.7 Å². The molecule has 1 aliphatic heterocycles. The third-order valence-corrected chi connectivity index (χ3v) is 5.46. The van der Waals surface area contributed by atoms with E-state index in [4.69, 9.17) is 14.2 Å². The highest BCUT2D eigenvalue weighted by molar-refractivity contribution is 5.79. The molecule has 1 aliphatic rings. The monoisotopic (exact) mass is 432 g/mol. The molecule has 32 heavy (non-hydrogen) atoms. The number of imidazole rings is 1. The van der Waals surface area contributed by atoms with Crippen molar-refractivity contribution in [2.24, 2.45) is 0 Å². The molecule has 0 bridgehead atoms. The lowest BCUT2D eigenvalue weighted by Gasteiger charge is -2.29. The Morgan fingerprint density at radius 2 is 1.78 bits per heavy atom. The van der Waals surface area contributed by atoms with E-state index in [1.165, 1.54) is 12.8 Å². The number of anilines is 3. The van der Waals surface area contributed by atoms with Gasteiger partial charge in [-0.2, -0.15) is 4.98 Å². The molecule has 1 saturated heterocycles. The molecule has 4 aromatic rings. The molecule has 1 fully saturated rings. The molecule has 0 amide bonds. The van der Waals surface area contributed by atoms with Crippen LogP contribution >= 0.6 is 0 Å². The fourth-order valence-corrected chi connectivity index (χ4v) is 3.84. The van der Waals surface area contributed by atoms with Gasteiger partial charge in [-0.3, -0.25) is 4.40 Å². The molecule has 0 radical (unpaired) electrons. The fourth-order valence-electron chi connectivity index (χ4n) is 3.84. The molecule has 0 unspecified atom stereocenters. The maximum absolute atomic E-state index is 5.46. The van der Waals surface area contributed by atoms with E-state index in [1.54, 1.807) is 19.5 Å². The SMILES string of the molecule is COc1ncc(-c2ccc(Nc3ccc(N4CCOCC4)cc3)c3nccn23)c(OC)n1. The minimum atomic E-state index is 0.256. The topological polar surface area (TPSA) is 86.0 Å². The quantitative estimate of drug-likeness (QED) is 0.496. The summed E-state index contributed by atoms with van der Waals surface area (Å²) in [5, 5.41) is 3.48. The van der Waals surface area contributed by atoms with Crippen molar-refractivity contribution in [1.82, 2.24) is 19.4 Å². The van der Waals surface area contributed by atoms with Gasteiger partial charge < -0.3 is 24.4 Å². The van der Waals surface area contributed by atoms with Crippen LogP contribution in [0.5, 0.6) is 11.9 Å². The van der Waals surface area contributed by atoms with Crippen LogP contribution in [0.15, 0.2) is 55.0 Å². The summed E-state index contributed by atoms with van der Waals surface area (Å²) in [5.41, 5.74) is 5.49. The lowest BCUT2D eigenvalue weighted by Crippen LogP contribution is -2.36. The van der Waals surface area contributed by atoms with Crippen LogP contribution in [-0.4, -0.2) is 59.9 Å². The molecule has 4 heterocycles. The first-order valence-electron chi connectivity index (χ1n) is 10.4. The number of nitrogens with zero attached hydrogens (tertiary/aromatic N) is 5. The van der Waals surface area contributed by atoms with Crippen LogP contribution in [0.2, 0.25) is 0 Å². The van der Waals surface area contributed by atoms with Crippen LogP contribution in [0.4, 0.5) is 17.1 Å². The van der Waals surface area contributed by atoms with Gasteiger partial charge in [0.1, 0.15) is 0 Å². The van der Waals surface area contributed by atoms with Crippen LogP contribution in [0.25, 0.3) is 16.9 Å². The molecule has 0 atom stereocenters. The Balaban J connectivity index is 1.44. The van der Waals surface area contributed by atoms with Gasteiger partial charge in [0, 0.05) is 43.1 Å². The lowest BCUT2D eigenvalue weighted by atomic mass is 10.2. The average molecular weight is 432 g/mol. The molecule has 0 spiro atoms. The van der Waals surface area contributed by atoms with Crippen molar-refractivity contribution in [1.29, 1.82) is 0 Å². The van der Waals surface area contributed by atoms with Crippen LogP contribution in [0.3, 0.4) is 0 Å². The summed E-state index contributed by atoms with van der Waals surface area (Å²) < 4.78 is 18.0. The Morgan fingerprint density at radius 1 is 0.969 bits per heavy atom. The zero-order chi connectivity index (χ0) is 21.9. The van der Waals surface area contributed by atoms with E-state index < -0.39 is 0 Å². The second kappa shape index (κ2) is 8.72. The van der Waals surface area contributed by atoms with Gasteiger partial charge in [0.15, 0.2) is 5.65 Å². The molecule has 9 nitrogen and oxygen atoms in total. The zero-order valence-electron chi connectivity index (χ0n) is 18.0. The highest BCUT2D eigenvalue weighted by atomic mass is 16.5. The molecule has 0 aliphatic carbocycles. The minimum absolute atomic E-state index is 0.256. The van der Waals surface area contributed by atoms with E-state index >= 15 is 0 Å². The molecular weight excluding hydrogens is 408 g/mol. The van der Waals surface area contributed by atoms with Crippen molar-refractivity contribution < 1.29 is 14.2 Å². The summed E-state index contributed by atoms with van der Waals surface area (Å²) in [7, 11) is 3.10. The van der Waals surface area contributed by atoms with Gasteiger partial charge in [-0.25, -0.2) is 9.97 Å². The van der Waals surface area contributed by atoms with Gasteiger partial charge in [-0.1, -0.05) is 0 Å². The van der Waals surface area contributed by atoms with Crippen molar-refractivity contribution in [3.05, 3.63) is 55.0 Å². The van der Waals surface area contributed by atoms with Crippen molar-refractivity contribution in [2.45, 2.75) is 0 Å². The van der Waals surface area contributed by atoms with Gasteiger partial charge >= 0.3 is 6.01 Å². The fraction of sp³-hybridized carbons (Fsp3) is 0.261. The molecule has 164 valence electrons.